The van der Waals surface area contributed by atoms with Crippen LogP contribution in [0.4, 0.5) is 10.1 Å². The van der Waals surface area contributed by atoms with Crippen molar-refractivity contribution >= 4 is 40.5 Å². The maximum absolute atomic E-state index is 13.8. The molecule has 0 saturated carbocycles. The molecule has 2 aromatic rings. The third kappa shape index (κ3) is 2.40. The van der Waals surface area contributed by atoms with E-state index in [0.717, 1.165) is 11.1 Å². The first-order valence-corrected chi connectivity index (χ1v) is 6.87. The number of benzene rings is 2. The molecular formula is C14H9Cl3FN. The van der Waals surface area contributed by atoms with Gasteiger partial charge in [-0.05, 0) is 41.8 Å². The number of halogens is 4. The second-order valence-electron chi connectivity index (χ2n) is 4.50. The highest BCUT2D eigenvalue weighted by Gasteiger charge is 2.25. The Labute approximate surface area is 125 Å². The van der Waals surface area contributed by atoms with Crippen LogP contribution in [0.5, 0.6) is 0 Å². The van der Waals surface area contributed by atoms with Gasteiger partial charge in [-0.1, -0.05) is 40.9 Å². The molecule has 0 aliphatic carbocycles. The van der Waals surface area contributed by atoms with Crippen LogP contribution in [0.25, 0.3) is 0 Å². The number of fused-ring (bicyclic) bond motifs is 1. The first-order chi connectivity index (χ1) is 9.04. The van der Waals surface area contributed by atoms with Crippen LogP contribution in [0.2, 0.25) is 15.1 Å². The van der Waals surface area contributed by atoms with Crippen molar-refractivity contribution in [2.45, 2.75) is 12.5 Å². The summed E-state index contributed by atoms with van der Waals surface area (Å²) >= 11 is 17.8. The van der Waals surface area contributed by atoms with Gasteiger partial charge in [0, 0.05) is 5.02 Å². The van der Waals surface area contributed by atoms with Gasteiger partial charge < -0.3 is 5.32 Å². The maximum atomic E-state index is 13.8. The molecule has 1 aliphatic rings. The van der Waals surface area contributed by atoms with Crippen LogP contribution >= 0.6 is 34.8 Å². The molecule has 5 heteroatoms. The van der Waals surface area contributed by atoms with Gasteiger partial charge in [0.05, 0.1) is 21.8 Å². The molecule has 1 aliphatic heterocycles. The normalized spacial score (nSPS) is 17.2. The molecule has 1 N–H and O–H groups in total. The minimum absolute atomic E-state index is 0.0160. The Hall–Kier alpha value is -0.960. The summed E-state index contributed by atoms with van der Waals surface area (Å²) in [6, 6.07) is 8.50. The average Bonchev–Trinajstić information content (AvgIpc) is 2.76. The molecule has 1 unspecified atom stereocenters. The predicted molar refractivity (Wildman–Crippen MR) is 77.9 cm³/mol. The zero-order valence-corrected chi connectivity index (χ0v) is 12.0. The lowest BCUT2D eigenvalue weighted by molar-refractivity contribution is 0.631. The molecule has 0 bridgehead atoms. The average molecular weight is 317 g/mol. The van der Waals surface area contributed by atoms with E-state index < -0.39 is 0 Å². The van der Waals surface area contributed by atoms with Gasteiger partial charge in [0.2, 0.25) is 0 Å². The molecule has 0 spiro atoms. The molecule has 3 rings (SSSR count). The van der Waals surface area contributed by atoms with Gasteiger partial charge in [-0.15, -0.1) is 0 Å². The molecule has 0 amide bonds. The monoisotopic (exact) mass is 315 g/mol. The van der Waals surface area contributed by atoms with E-state index in [1.807, 2.05) is 6.07 Å². The Bertz CT molecular complexity index is 657. The van der Waals surface area contributed by atoms with Crippen LogP contribution in [0.15, 0.2) is 30.3 Å². The fourth-order valence-corrected chi connectivity index (χ4v) is 2.86. The summed E-state index contributed by atoms with van der Waals surface area (Å²) in [6.45, 7) is 0. The third-order valence-corrected chi connectivity index (χ3v) is 4.18. The summed E-state index contributed by atoms with van der Waals surface area (Å²) in [6.07, 6.45) is 0.671. The lowest BCUT2D eigenvalue weighted by atomic mass is 10.0. The van der Waals surface area contributed by atoms with E-state index in [-0.39, 0.29) is 11.9 Å². The van der Waals surface area contributed by atoms with Crippen LogP contribution in [0.1, 0.15) is 17.2 Å². The number of rotatable bonds is 1. The fourth-order valence-electron chi connectivity index (χ4n) is 2.33. The van der Waals surface area contributed by atoms with E-state index >= 15 is 0 Å². The van der Waals surface area contributed by atoms with E-state index in [9.17, 15) is 4.39 Å². The topological polar surface area (TPSA) is 12.0 Å². The molecule has 0 fully saturated rings. The summed E-state index contributed by atoms with van der Waals surface area (Å²) in [5.41, 5.74) is 2.36. The molecule has 0 aromatic heterocycles. The smallest absolute Gasteiger partial charge is 0.148 e. The molecule has 2 aromatic carbocycles. The molecule has 19 heavy (non-hydrogen) atoms. The second kappa shape index (κ2) is 4.86. The largest absolute Gasteiger partial charge is 0.375 e. The first kappa shape index (κ1) is 13.0. The first-order valence-electron chi connectivity index (χ1n) is 5.74. The van der Waals surface area contributed by atoms with Crippen molar-refractivity contribution < 1.29 is 4.39 Å². The Kier molecular flexibility index (Phi) is 3.34. The standard InChI is InChI=1S/C14H9Cl3FN/c15-9-3-8-5-13(19-14(8)12(18)6-9)7-1-2-10(16)11(17)4-7/h1-4,6,13,19H,5H2. The lowest BCUT2D eigenvalue weighted by Crippen LogP contribution is -2.06. The molecule has 1 atom stereocenters. The molecular weight excluding hydrogens is 308 g/mol. The molecule has 0 radical (unpaired) electrons. The minimum atomic E-state index is -0.329. The number of anilines is 1. The Morgan fingerprint density at radius 1 is 1.05 bits per heavy atom. The summed E-state index contributed by atoms with van der Waals surface area (Å²) < 4.78 is 13.8. The Morgan fingerprint density at radius 3 is 2.58 bits per heavy atom. The summed E-state index contributed by atoms with van der Waals surface area (Å²) in [5, 5.41) is 4.57. The highest BCUT2D eigenvalue weighted by molar-refractivity contribution is 6.42. The van der Waals surface area contributed by atoms with Crippen molar-refractivity contribution in [1.82, 2.24) is 0 Å². The van der Waals surface area contributed by atoms with E-state index in [1.165, 1.54) is 6.07 Å². The van der Waals surface area contributed by atoms with Gasteiger partial charge in [-0.2, -0.15) is 0 Å². The van der Waals surface area contributed by atoms with Crippen molar-refractivity contribution in [3.8, 4) is 0 Å². The van der Waals surface area contributed by atoms with Gasteiger partial charge in [0.1, 0.15) is 5.82 Å². The fraction of sp³-hybridized carbons (Fsp3) is 0.143. The van der Waals surface area contributed by atoms with Crippen LogP contribution in [-0.2, 0) is 6.42 Å². The van der Waals surface area contributed by atoms with Crippen molar-refractivity contribution in [3.63, 3.8) is 0 Å². The van der Waals surface area contributed by atoms with E-state index in [2.05, 4.69) is 5.32 Å². The highest BCUT2D eigenvalue weighted by atomic mass is 35.5. The summed E-state index contributed by atoms with van der Waals surface area (Å²) in [5.74, 6) is -0.329. The summed E-state index contributed by atoms with van der Waals surface area (Å²) in [7, 11) is 0. The number of hydrogen-bond acceptors (Lipinski definition) is 1. The third-order valence-electron chi connectivity index (χ3n) is 3.23. The molecule has 0 saturated heterocycles. The van der Waals surface area contributed by atoms with Gasteiger partial charge in [0.25, 0.3) is 0 Å². The Morgan fingerprint density at radius 2 is 1.84 bits per heavy atom. The van der Waals surface area contributed by atoms with Crippen LogP contribution in [0.3, 0.4) is 0 Å². The van der Waals surface area contributed by atoms with E-state index in [1.54, 1.807) is 18.2 Å². The zero-order chi connectivity index (χ0) is 13.6. The number of hydrogen-bond donors (Lipinski definition) is 1. The van der Waals surface area contributed by atoms with Crippen molar-refractivity contribution in [3.05, 3.63) is 62.3 Å². The highest BCUT2D eigenvalue weighted by Crippen LogP contribution is 2.38. The van der Waals surface area contributed by atoms with Gasteiger partial charge >= 0.3 is 0 Å². The Balaban J connectivity index is 1.95. The minimum Gasteiger partial charge on any atom is -0.375 e. The van der Waals surface area contributed by atoms with Crippen molar-refractivity contribution in [2.75, 3.05) is 5.32 Å². The van der Waals surface area contributed by atoms with Crippen LogP contribution in [0, 0.1) is 5.82 Å². The van der Waals surface area contributed by atoms with Crippen LogP contribution < -0.4 is 5.32 Å². The van der Waals surface area contributed by atoms with Gasteiger partial charge in [-0.3, -0.25) is 0 Å². The SMILES string of the molecule is Fc1cc(Cl)cc2c1NC(c1ccc(Cl)c(Cl)c1)C2. The van der Waals surface area contributed by atoms with E-state index in [0.29, 0.717) is 27.2 Å². The predicted octanol–water partition coefficient (Wildman–Crippen LogP) is 5.50. The van der Waals surface area contributed by atoms with Gasteiger partial charge in [0.15, 0.2) is 0 Å². The van der Waals surface area contributed by atoms with Gasteiger partial charge in [-0.25, -0.2) is 4.39 Å². The molecule has 1 heterocycles. The van der Waals surface area contributed by atoms with Crippen LogP contribution in [-0.4, -0.2) is 0 Å². The second-order valence-corrected chi connectivity index (χ2v) is 5.75. The maximum Gasteiger partial charge on any atom is 0.148 e. The molecule has 1 nitrogen and oxygen atoms in total. The molecule has 98 valence electrons. The lowest BCUT2D eigenvalue weighted by Gasteiger charge is -2.12. The zero-order valence-electron chi connectivity index (χ0n) is 9.68. The quantitative estimate of drug-likeness (QED) is 0.733. The van der Waals surface area contributed by atoms with Crippen molar-refractivity contribution in [2.24, 2.45) is 0 Å². The van der Waals surface area contributed by atoms with Crippen molar-refractivity contribution in [1.29, 1.82) is 0 Å². The summed E-state index contributed by atoms with van der Waals surface area (Å²) in [4.78, 5) is 0. The number of nitrogens with one attached hydrogen (secondary N) is 1. The van der Waals surface area contributed by atoms with E-state index in [4.69, 9.17) is 34.8 Å².